The highest BCUT2D eigenvalue weighted by molar-refractivity contribution is 5.64. The summed E-state index contributed by atoms with van der Waals surface area (Å²) in [6, 6.07) is 8.93. The molecule has 0 aliphatic heterocycles. The Balaban J connectivity index is 2.56. The van der Waals surface area contributed by atoms with Crippen molar-refractivity contribution >= 4 is 12.6 Å². The second kappa shape index (κ2) is 5.09. The lowest BCUT2D eigenvalue weighted by Gasteiger charge is -2.09. The van der Waals surface area contributed by atoms with Gasteiger partial charge in [0.25, 0.3) is 0 Å². The van der Waals surface area contributed by atoms with Crippen LogP contribution in [0, 0.1) is 0 Å². The Bertz CT molecular complexity index is 269. The summed E-state index contributed by atoms with van der Waals surface area (Å²) in [5.74, 6) is 0.599. The first-order chi connectivity index (χ1) is 6.36. The Morgan fingerprint density at radius 3 is 2.46 bits per heavy atom. The van der Waals surface area contributed by atoms with E-state index in [0.717, 1.165) is 0 Å². The molecule has 0 saturated heterocycles. The molecule has 3 heteroatoms. The van der Waals surface area contributed by atoms with Crippen LogP contribution >= 0.6 is 0 Å². The Labute approximate surface area is 76.3 Å². The van der Waals surface area contributed by atoms with Crippen molar-refractivity contribution in [3.05, 3.63) is 30.3 Å². The van der Waals surface area contributed by atoms with E-state index in [1.165, 1.54) is 0 Å². The number of carbonyl (C=O) groups is 2. The molecule has 0 aliphatic rings. The summed E-state index contributed by atoms with van der Waals surface area (Å²) in [5.41, 5.74) is 0. The molecule has 1 rings (SSSR count). The molecular formula is C10H10O3. The van der Waals surface area contributed by atoms with Gasteiger partial charge in [0.1, 0.15) is 12.0 Å². The third-order valence-corrected chi connectivity index (χ3v) is 1.51. The van der Waals surface area contributed by atoms with Crippen molar-refractivity contribution in [3.8, 4) is 5.75 Å². The summed E-state index contributed by atoms with van der Waals surface area (Å²) < 4.78 is 5.20. The van der Waals surface area contributed by atoms with Gasteiger partial charge in [-0.05, 0) is 12.1 Å². The Morgan fingerprint density at radius 2 is 1.92 bits per heavy atom. The van der Waals surface area contributed by atoms with E-state index >= 15 is 0 Å². The molecule has 0 aliphatic carbocycles. The van der Waals surface area contributed by atoms with E-state index in [-0.39, 0.29) is 6.42 Å². The number of aldehydes is 2. The smallest absolute Gasteiger partial charge is 0.160 e. The quantitative estimate of drug-likeness (QED) is 0.637. The van der Waals surface area contributed by atoms with Gasteiger partial charge in [-0.15, -0.1) is 0 Å². The lowest BCUT2D eigenvalue weighted by Crippen LogP contribution is -2.18. The highest BCUT2D eigenvalue weighted by Gasteiger charge is 2.06. The number of hydrogen-bond donors (Lipinski definition) is 0. The number of ether oxygens (including phenoxy) is 1. The van der Waals surface area contributed by atoms with E-state index in [9.17, 15) is 9.59 Å². The van der Waals surface area contributed by atoms with Crippen molar-refractivity contribution in [2.45, 2.75) is 12.5 Å². The van der Waals surface area contributed by atoms with Crippen LogP contribution in [-0.4, -0.2) is 18.7 Å². The molecule has 13 heavy (non-hydrogen) atoms. The fraction of sp³-hybridized carbons (Fsp3) is 0.200. The maximum Gasteiger partial charge on any atom is 0.160 e. The molecule has 0 radical (unpaired) electrons. The average molecular weight is 178 g/mol. The molecule has 0 bridgehead atoms. The predicted molar refractivity (Wildman–Crippen MR) is 47.6 cm³/mol. The minimum atomic E-state index is -0.667. The highest BCUT2D eigenvalue weighted by atomic mass is 16.5. The van der Waals surface area contributed by atoms with E-state index in [2.05, 4.69) is 0 Å². The third-order valence-electron chi connectivity index (χ3n) is 1.51. The zero-order chi connectivity index (χ0) is 9.52. The van der Waals surface area contributed by atoms with Gasteiger partial charge in [-0.1, -0.05) is 18.2 Å². The van der Waals surface area contributed by atoms with Gasteiger partial charge in [-0.2, -0.15) is 0 Å². The molecule has 1 unspecified atom stereocenters. The summed E-state index contributed by atoms with van der Waals surface area (Å²) in [6.07, 6.45) is 0.724. The second-order valence-electron chi connectivity index (χ2n) is 2.51. The summed E-state index contributed by atoms with van der Waals surface area (Å²) in [6.45, 7) is 0. The van der Waals surface area contributed by atoms with Crippen molar-refractivity contribution in [1.82, 2.24) is 0 Å². The van der Waals surface area contributed by atoms with Gasteiger partial charge in [0, 0.05) is 6.42 Å². The van der Waals surface area contributed by atoms with E-state index in [0.29, 0.717) is 18.3 Å². The monoisotopic (exact) mass is 178 g/mol. The average Bonchev–Trinajstić information content (AvgIpc) is 2.19. The van der Waals surface area contributed by atoms with Crippen LogP contribution in [0.4, 0.5) is 0 Å². The van der Waals surface area contributed by atoms with Gasteiger partial charge in [0.05, 0.1) is 0 Å². The normalized spacial score (nSPS) is 11.7. The van der Waals surface area contributed by atoms with E-state index < -0.39 is 6.10 Å². The van der Waals surface area contributed by atoms with Crippen molar-refractivity contribution in [3.63, 3.8) is 0 Å². The summed E-state index contributed by atoms with van der Waals surface area (Å²) in [5, 5.41) is 0. The maximum absolute atomic E-state index is 10.4. The first-order valence-corrected chi connectivity index (χ1v) is 3.97. The first-order valence-electron chi connectivity index (χ1n) is 3.97. The van der Waals surface area contributed by atoms with Crippen LogP contribution in [0.15, 0.2) is 30.3 Å². The van der Waals surface area contributed by atoms with Gasteiger partial charge in [0.15, 0.2) is 12.4 Å². The Morgan fingerprint density at radius 1 is 1.23 bits per heavy atom. The molecule has 1 atom stereocenters. The standard InChI is InChI=1S/C10H10O3/c11-7-6-10(8-12)13-9-4-2-1-3-5-9/h1-5,7-8,10H,6H2. The van der Waals surface area contributed by atoms with Crippen LogP contribution in [0.25, 0.3) is 0 Å². The minimum absolute atomic E-state index is 0.0956. The number of carbonyl (C=O) groups excluding carboxylic acids is 2. The summed E-state index contributed by atoms with van der Waals surface area (Å²) in [7, 11) is 0. The number of hydrogen-bond acceptors (Lipinski definition) is 3. The number of benzene rings is 1. The molecule has 1 aromatic rings. The Hall–Kier alpha value is -1.64. The zero-order valence-electron chi connectivity index (χ0n) is 7.05. The molecule has 0 aromatic heterocycles. The van der Waals surface area contributed by atoms with Crippen LogP contribution in [0.5, 0.6) is 5.75 Å². The summed E-state index contributed by atoms with van der Waals surface area (Å²) >= 11 is 0. The van der Waals surface area contributed by atoms with Crippen molar-refractivity contribution in [2.24, 2.45) is 0 Å². The van der Waals surface area contributed by atoms with Gasteiger partial charge in [0.2, 0.25) is 0 Å². The lowest BCUT2D eigenvalue weighted by molar-refractivity contribution is -0.118. The predicted octanol–water partition coefficient (Wildman–Crippen LogP) is 1.22. The fourth-order valence-electron chi connectivity index (χ4n) is 0.900. The van der Waals surface area contributed by atoms with Crippen LogP contribution in [-0.2, 0) is 9.59 Å². The fourth-order valence-corrected chi connectivity index (χ4v) is 0.900. The van der Waals surface area contributed by atoms with Crippen LogP contribution in [0.3, 0.4) is 0 Å². The molecule has 0 N–H and O–H groups in total. The zero-order valence-corrected chi connectivity index (χ0v) is 7.05. The van der Waals surface area contributed by atoms with E-state index in [1.807, 2.05) is 6.07 Å². The molecule has 0 saturated carbocycles. The molecule has 0 fully saturated rings. The van der Waals surface area contributed by atoms with Gasteiger partial charge in [-0.25, -0.2) is 0 Å². The number of para-hydroxylation sites is 1. The second-order valence-corrected chi connectivity index (χ2v) is 2.51. The molecule has 0 heterocycles. The third kappa shape index (κ3) is 3.07. The molecule has 3 nitrogen and oxygen atoms in total. The molecule has 0 spiro atoms. The van der Waals surface area contributed by atoms with Crippen molar-refractivity contribution < 1.29 is 14.3 Å². The highest BCUT2D eigenvalue weighted by Crippen LogP contribution is 2.10. The van der Waals surface area contributed by atoms with Crippen LogP contribution in [0.2, 0.25) is 0 Å². The summed E-state index contributed by atoms with van der Waals surface area (Å²) in [4.78, 5) is 20.5. The topological polar surface area (TPSA) is 43.4 Å². The van der Waals surface area contributed by atoms with Crippen molar-refractivity contribution in [1.29, 1.82) is 0 Å². The van der Waals surface area contributed by atoms with Crippen LogP contribution < -0.4 is 4.74 Å². The number of rotatable bonds is 5. The Kier molecular flexibility index (Phi) is 3.70. The molecule has 68 valence electrons. The van der Waals surface area contributed by atoms with E-state index in [1.54, 1.807) is 24.3 Å². The van der Waals surface area contributed by atoms with Crippen LogP contribution in [0.1, 0.15) is 6.42 Å². The van der Waals surface area contributed by atoms with Crippen molar-refractivity contribution in [2.75, 3.05) is 0 Å². The van der Waals surface area contributed by atoms with Gasteiger partial charge in [-0.3, -0.25) is 4.79 Å². The molecule has 1 aromatic carbocycles. The minimum Gasteiger partial charge on any atom is -0.483 e. The first kappa shape index (κ1) is 9.45. The lowest BCUT2D eigenvalue weighted by atomic mass is 10.3. The maximum atomic E-state index is 10.4. The SMILES string of the molecule is O=CCC(C=O)Oc1ccccc1. The van der Waals surface area contributed by atoms with Gasteiger partial charge < -0.3 is 9.53 Å². The van der Waals surface area contributed by atoms with E-state index in [4.69, 9.17) is 4.74 Å². The largest absolute Gasteiger partial charge is 0.483 e. The van der Waals surface area contributed by atoms with Gasteiger partial charge >= 0.3 is 0 Å². The molecule has 0 amide bonds. The molecular weight excluding hydrogens is 168 g/mol.